The minimum Gasteiger partial charge on any atom is -0.497 e. The summed E-state index contributed by atoms with van der Waals surface area (Å²) in [5, 5.41) is 3.01. The minimum atomic E-state index is -0.691. The summed E-state index contributed by atoms with van der Waals surface area (Å²) in [6.07, 6.45) is 0. The Morgan fingerprint density at radius 2 is 1.87 bits per heavy atom. The molecule has 0 aromatic heterocycles. The number of nitrogens with two attached hydrogens (primary N) is 1. The largest absolute Gasteiger partial charge is 0.497 e. The topological polar surface area (TPSA) is 90.6 Å². The first-order valence-electron chi connectivity index (χ1n) is 6.65. The number of esters is 1. The van der Waals surface area contributed by atoms with Crippen LogP contribution in [-0.2, 0) is 9.53 Å². The van der Waals surface area contributed by atoms with Crippen LogP contribution in [0.5, 0.6) is 5.75 Å². The highest BCUT2D eigenvalue weighted by Gasteiger charge is 2.13. The summed E-state index contributed by atoms with van der Waals surface area (Å²) < 4.78 is 9.95. The van der Waals surface area contributed by atoms with Crippen molar-refractivity contribution < 1.29 is 19.1 Å². The molecular weight excluding hydrogens is 320 g/mol. The van der Waals surface area contributed by atoms with E-state index >= 15 is 0 Å². The Morgan fingerprint density at radius 3 is 2.48 bits per heavy atom. The summed E-state index contributed by atoms with van der Waals surface area (Å²) in [5.41, 5.74) is 6.60. The van der Waals surface area contributed by atoms with Crippen LogP contribution in [0.4, 0.5) is 11.4 Å². The van der Waals surface area contributed by atoms with Gasteiger partial charge in [-0.25, -0.2) is 4.79 Å². The Hall–Kier alpha value is -2.73. The standard InChI is InChI=1S/C16H15ClN2O4/c1-22-12-5-3-11(4-6-12)19-15(20)9-23-16(21)13-7-2-10(17)8-14(13)18/h2-8H,9,18H2,1H3,(H,19,20). The van der Waals surface area contributed by atoms with Crippen molar-refractivity contribution in [1.82, 2.24) is 0 Å². The molecule has 0 bridgehead atoms. The van der Waals surface area contributed by atoms with Crippen molar-refractivity contribution >= 4 is 34.9 Å². The smallest absolute Gasteiger partial charge is 0.340 e. The summed E-state index contributed by atoms with van der Waals surface area (Å²) in [7, 11) is 1.55. The number of nitrogen functional groups attached to an aromatic ring is 1. The maximum atomic E-state index is 11.9. The fourth-order valence-corrected chi connectivity index (χ4v) is 1.98. The lowest BCUT2D eigenvalue weighted by molar-refractivity contribution is -0.119. The van der Waals surface area contributed by atoms with Crippen LogP contribution in [0, 0.1) is 0 Å². The van der Waals surface area contributed by atoms with E-state index in [1.165, 1.54) is 18.2 Å². The summed E-state index contributed by atoms with van der Waals surface area (Å²) in [4.78, 5) is 23.6. The van der Waals surface area contributed by atoms with Crippen LogP contribution < -0.4 is 15.8 Å². The molecule has 1 amide bonds. The molecular formula is C16H15ClN2O4. The van der Waals surface area contributed by atoms with Gasteiger partial charge in [-0.2, -0.15) is 0 Å². The molecule has 23 heavy (non-hydrogen) atoms. The zero-order valence-electron chi connectivity index (χ0n) is 12.3. The zero-order chi connectivity index (χ0) is 16.8. The second-order valence-corrected chi connectivity index (χ2v) is 5.02. The van der Waals surface area contributed by atoms with E-state index in [1.807, 2.05) is 0 Å². The van der Waals surface area contributed by atoms with E-state index in [0.29, 0.717) is 16.5 Å². The van der Waals surface area contributed by atoms with Gasteiger partial charge in [0.15, 0.2) is 6.61 Å². The van der Waals surface area contributed by atoms with Crippen molar-refractivity contribution in [3.8, 4) is 5.75 Å². The highest BCUT2D eigenvalue weighted by molar-refractivity contribution is 6.31. The first-order valence-corrected chi connectivity index (χ1v) is 7.03. The Morgan fingerprint density at radius 1 is 1.17 bits per heavy atom. The number of carbonyl (C=O) groups is 2. The molecule has 7 heteroatoms. The number of hydrogen-bond acceptors (Lipinski definition) is 5. The molecule has 0 fully saturated rings. The van der Waals surface area contributed by atoms with Crippen molar-refractivity contribution in [2.75, 3.05) is 24.8 Å². The molecule has 2 rings (SSSR count). The SMILES string of the molecule is COc1ccc(NC(=O)COC(=O)c2ccc(Cl)cc2N)cc1. The molecule has 0 saturated carbocycles. The monoisotopic (exact) mass is 334 g/mol. The summed E-state index contributed by atoms with van der Waals surface area (Å²) in [6.45, 7) is -0.424. The van der Waals surface area contributed by atoms with Crippen molar-refractivity contribution in [2.24, 2.45) is 0 Å². The molecule has 0 aliphatic heterocycles. The van der Waals surface area contributed by atoms with Gasteiger partial charge < -0.3 is 20.5 Å². The predicted molar refractivity (Wildman–Crippen MR) is 87.8 cm³/mol. The molecule has 0 unspecified atom stereocenters. The lowest BCUT2D eigenvalue weighted by Crippen LogP contribution is -2.21. The van der Waals surface area contributed by atoms with Gasteiger partial charge in [0.25, 0.3) is 5.91 Å². The molecule has 2 aromatic rings. The number of hydrogen-bond donors (Lipinski definition) is 2. The third-order valence-corrected chi connectivity index (χ3v) is 3.18. The number of anilines is 2. The van der Waals surface area contributed by atoms with E-state index in [0.717, 1.165) is 0 Å². The summed E-state index contributed by atoms with van der Waals surface area (Å²) in [5.74, 6) is -0.479. The lowest BCUT2D eigenvalue weighted by Gasteiger charge is -2.08. The van der Waals surface area contributed by atoms with Gasteiger partial charge in [-0.05, 0) is 42.5 Å². The average Bonchev–Trinajstić information content (AvgIpc) is 2.53. The fourth-order valence-electron chi connectivity index (χ4n) is 1.80. The number of halogens is 1. The van der Waals surface area contributed by atoms with Gasteiger partial charge in [-0.1, -0.05) is 11.6 Å². The van der Waals surface area contributed by atoms with E-state index in [2.05, 4.69) is 5.32 Å². The fraction of sp³-hybridized carbons (Fsp3) is 0.125. The average molecular weight is 335 g/mol. The van der Waals surface area contributed by atoms with Gasteiger partial charge >= 0.3 is 5.97 Å². The lowest BCUT2D eigenvalue weighted by atomic mass is 10.2. The maximum absolute atomic E-state index is 11.9. The molecule has 0 aliphatic rings. The highest BCUT2D eigenvalue weighted by atomic mass is 35.5. The third-order valence-electron chi connectivity index (χ3n) is 2.94. The first kappa shape index (κ1) is 16.6. The molecule has 120 valence electrons. The van der Waals surface area contributed by atoms with Gasteiger partial charge in [0.05, 0.1) is 12.7 Å². The number of amides is 1. The number of rotatable bonds is 5. The molecule has 0 saturated heterocycles. The second kappa shape index (κ2) is 7.51. The normalized spacial score (nSPS) is 10.0. The maximum Gasteiger partial charge on any atom is 0.340 e. The number of methoxy groups -OCH3 is 1. The third kappa shape index (κ3) is 4.62. The van der Waals surface area contributed by atoms with Crippen molar-refractivity contribution in [3.63, 3.8) is 0 Å². The number of ether oxygens (including phenoxy) is 2. The summed E-state index contributed by atoms with van der Waals surface area (Å²) >= 11 is 5.76. The van der Waals surface area contributed by atoms with Gasteiger partial charge in [0.2, 0.25) is 0 Å². The van der Waals surface area contributed by atoms with Crippen molar-refractivity contribution in [2.45, 2.75) is 0 Å². The van der Waals surface area contributed by atoms with Gasteiger partial charge in [-0.15, -0.1) is 0 Å². The number of benzene rings is 2. The number of carbonyl (C=O) groups excluding carboxylic acids is 2. The van der Waals surface area contributed by atoms with E-state index < -0.39 is 18.5 Å². The molecule has 0 radical (unpaired) electrons. The Labute approximate surface area is 138 Å². The van der Waals surface area contributed by atoms with E-state index in [9.17, 15) is 9.59 Å². The van der Waals surface area contributed by atoms with Crippen LogP contribution >= 0.6 is 11.6 Å². The van der Waals surface area contributed by atoms with Gasteiger partial charge in [0.1, 0.15) is 5.75 Å². The predicted octanol–water partition coefficient (Wildman–Crippen LogP) is 2.73. The molecule has 0 aliphatic carbocycles. The minimum absolute atomic E-state index is 0.159. The summed E-state index contributed by atoms with van der Waals surface area (Å²) in [6, 6.07) is 11.2. The van der Waals surface area contributed by atoms with Crippen LogP contribution in [-0.4, -0.2) is 25.6 Å². The molecule has 2 aromatic carbocycles. The number of nitrogens with one attached hydrogen (secondary N) is 1. The first-order chi connectivity index (χ1) is 11.0. The highest BCUT2D eigenvalue weighted by Crippen LogP contribution is 2.19. The quantitative estimate of drug-likeness (QED) is 0.648. The van der Waals surface area contributed by atoms with E-state index in [1.54, 1.807) is 31.4 Å². The second-order valence-electron chi connectivity index (χ2n) is 4.58. The Kier molecular flexibility index (Phi) is 5.43. The van der Waals surface area contributed by atoms with Crippen LogP contribution in [0.3, 0.4) is 0 Å². The van der Waals surface area contributed by atoms with Crippen LogP contribution in [0.2, 0.25) is 5.02 Å². The molecule has 0 atom stereocenters. The molecule has 0 spiro atoms. The van der Waals surface area contributed by atoms with Gasteiger partial charge in [0, 0.05) is 16.4 Å². The Balaban J connectivity index is 1.89. The molecule has 3 N–H and O–H groups in total. The van der Waals surface area contributed by atoms with E-state index in [4.69, 9.17) is 26.8 Å². The van der Waals surface area contributed by atoms with Gasteiger partial charge in [-0.3, -0.25) is 4.79 Å². The van der Waals surface area contributed by atoms with Crippen molar-refractivity contribution in [1.29, 1.82) is 0 Å². The van der Waals surface area contributed by atoms with Crippen LogP contribution in [0.15, 0.2) is 42.5 Å². The Bertz CT molecular complexity index is 717. The van der Waals surface area contributed by atoms with Crippen LogP contribution in [0.1, 0.15) is 10.4 Å². The van der Waals surface area contributed by atoms with Crippen LogP contribution in [0.25, 0.3) is 0 Å². The van der Waals surface area contributed by atoms with Crippen molar-refractivity contribution in [3.05, 3.63) is 53.1 Å². The molecule has 6 nitrogen and oxygen atoms in total. The zero-order valence-corrected chi connectivity index (χ0v) is 13.1. The van der Waals surface area contributed by atoms with E-state index in [-0.39, 0.29) is 11.3 Å². The molecule has 0 heterocycles.